The number of ether oxygens (including phenoxy) is 2. The van der Waals surface area contributed by atoms with Gasteiger partial charge in [-0.15, -0.1) is 11.3 Å². The highest BCUT2D eigenvalue weighted by molar-refractivity contribution is 7.89. The van der Waals surface area contributed by atoms with E-state index in [1.54, 1.807) is 23.5 Å². The van der Waals surface area contributed by atoms with Gasteiger partial charge >= 0.3 is 0 Å². The minimum absolute atomic E-state index is 0.0349. The summed E-state index contributed by atoms with van der Waals surface area (Å²) in [4.78, 5) is 1.05. The van der Waals surface area contributed by atoms with Crippen LogP contribution in [0.5, 0.6) is 11.5 Å². The molecule has 0 aliphatic carbocycles. The maximum absolute atomic E-state index is 13.0. The van der Waals surface area contributed by atoms with E-state index >= 15 is 0 Å². The van der Waals surface area contributed by atoms with Crippen molar-refractivity contribution in [2.75, 3.05) is 20.8 Å². The summed E-state index contributed by atoms with van der Waals surface area (Å²) in [7, 11) is -0.904. The number of thiophene rings is 1. The van der Waals surface area contributed by atoms with Crippen LogP contribution >= 0.6 is 11.3 Å². The summed E-state index contributed by atoms with van der Waals surface area (Å²) in [6.45, 7) is 4.03. The number of aromatic nitrogens is 2. The van der Waals surface area contributed by atoms with Gasteiger partial charge in [0.2, 0.25) is 10.0 Å². The third kappa shape index (κ3) is 4.21. The number of benzene rings is 1. The normalized spacial score (nSPS) is 12.7. The Morgan fingerprint density at radius 2 is 1.96 bits per heavy atom. The number of nitrogens with zero attached hydrogens (tertiary/aromatic N) is 2. The Morgan fingerprint density at radius 3 is 2.54 bits per heavy atom. The zero-order valence-corrected chi connectivity index (χ0v) is 17.8. The zero-order chi connectivity index (χ0) is 20.3. The Morgan fingerprint density at radius 1 is 1.18 bits per heavy atom. The summed E-state index contributed by atoms with van der Waals surface area (Å²) in [6, 6.07) is 10.3. The van der Waals surface area contributed by atoms with E-state index < -0.39 is 10.0 Å². The topological polar surface area (TPSA) is 82.5 Å². The van der Waals surface area contributed by atoms with Crippen molar-refractivity contribution < 1.29 is 17.9 Å². The van der Waals surface area contributed by atoms with Crippen molar-refractivity contribution in [2.24, 2.45) is 0 Å². The average Bonchev–Trinajstić information content (AvgIpc) is 3.31. The molecule has 0 spiro atoms. The second-order valence-corrected chi connectivity index (χ2v) is 8.99. The third-order valence-corrected chi connectivity index (χ3v) is 6.76. The molecule has 7 nitrogen and oxygen atoms in total. The van der Waals surface area contributed by atoms with Crippen molar-refractivity contribution in [3.05, 3.63) is 58.0 Å². The molecule has 2 aromatic heterocycles. The van der Waals surface area contributed by atoms with Gasteiger partial charge in [-0.2, -0.15) is 5.10 Å². The molecular formula is C19H23N3O4S2. The van der Waals surface area contributed by atoms with Crippen molar-refractivity contribution in [2.45, 2.75) is 24.8 Å². The molecule has 1 N–H and O–H groups in total. The molecule has 3 rings (SSSR count). The predicted molar refractivity (Wildman–Crippen MR) is 109 cm³/mol. The lowest BCUT2D eigenvalue weighted by Gasteiger charge is -2.19. The number of nitrogens with one attached hydrogen (secondary N) is 1. The Labute approximate surface area is 169 Å². The SMILES string of the molecule is COc1ccc(OC)c(S(=O)(=O)NCC(c2cccs2)n2nc(C)cc2C)c1. The monoisotopic (exact) mass is 421 g/mol. The maximum atomic E-state index is 13.0. The van der Waals surface area contributed by atoms with Crippen LogP contribution < -0.4 is 14.2 Å². The van der Waals surface area contributed by atoms with E-state index in [2.05, 4.69) is 9.82 Å². The van der Waals surface area contributed by atoms with Gasteiger partial charge in [-0.3, -0.25) is 4.68 Å². The summed E-state index contributed by atoms with van der Waals surface area (Å²) in [6.07, 6.45) is 0. The lowest BCUT2D eigenvalue weighted by atomic mass is 10.2. The van der Waals surface area contributed by atoms with Gasteiger partial charge in [0.1, 0.15) is 16.4 Å². The highest BCUT2D eigenvalue weighted by Gasteiger charge is 2.25. The molecule has 0 saturated heterocycles. The fraction of sp³-hybridized carbons (Fsp3) is 0.316. The van der Waals surface area contributed by atoms with Crippen molar-refractivity contribution in [1.82, 2.24) is 14.5 Å². The van der Waals surface area contributed by atoms with E-state index in [-0.39, 0.29) is 23.2 Å². The van der Waals surface area contributed by atoms with Crippen molar-refractivity contribution in [3.63, 3.8) is 0 Å². The molecule has 150 valence electrons. The van der Waals surface area contributed by atoms with Gasteiger partial charge in [0, 0.05) is 23.2 Å². The molecule has 1 atom stereocenters. The summed E-state index contributed by atoms with van der Waals surface area (Å²) >= 11 is 1.56. The molecule has 0 radical (unpaired) electrons. The Bertz CT molecular complexity index is 1040. The molecule has 9 heteroatoms. The largest absolute Gasteiger partial charge is 0.497 e. The lowest BCUT2D eigenvalue weighted by Crippen LogP contribution is -2.32. The summed E-state index contributed by atoms with van der Waals surface area (Å²) in [5.74, 6) is 0.696. The number of hydrogen-bond acceptors (Lipinski definition) is 6. The van der Waals surface area contributed by atoms with Crippen LogP contribution in [0.3, 0.4) is 0 Å². The smallest absolute Gasteiger partial charge is 0.244 e. The van der Waals surface area contributed by atoms with Gasteiger partial charge in [0.15, 0.2) is 0 Å². The first-order chi connectivity index (χ1) is 13.4. The van der Waals surface area contributed by atoms with Gasteiger partial charge in [-0.05, 0) is 43.5 Å². The summed E-state index contributed by atoms with van der Waals surface area (Å²) < 4.78 is 41.0. The van der Waals surface area contributed by atoms with Gasteiger partial charge in [0.05, 0.1) is 26.0 Å². The van der Waals surface area contributed by atoms with Crippen LogP contribution in [0.15, 0.2) is 46.7 Å². The molecule has 0 aliphatic heterocycles. The molecule has 3 aromatic rings. The van der Waals surface area contributed by atoms with Gasteiger partial charge in [-0.25, -0.2) is 13.1 Å². The van der Waals surface area contributed by atoms with E-state index in [1.165, 1.54) is 20.3 Å². The number of sulfonamides is 1. The molecule has 0 bridgehead atoms. The molecule has 28 heavy (non-hydrogen) atoms. The Hall–Kier alpha value is -2.36. The Balaban J connectivity index is 1.92. The molecule has 0 fully saturated rings. The highest BCUT2D eigenvalue weighted by atomic mass is 32.2. The maximum Gasteiger partial charge on any atom is 0.244 e. The molecule has 1 aromatic carbocycles. The van der Waals surface area contributed by atoms with E-state index in [0.717, 1.165) is 16.3 Å². The second-order valence-electron chi connectivity index (χ2n) is 6.27. The van der Waals surface area contributed by atoms with Crippen LogP contribution in [0.1, 0.15) is 22.3 Å². The Kier molecular flexibility index (Phi) is 6.07. The van der Waals surface area contributed by atoms with Crippen LogP contribution in [-0.4, -0.2) is 39.0 Å². The summed E-state index contributed by atoms with van der Waals surface area (Å²) in [5.41, 5.74) is 1.85. The minimum Gasteiger partial charge on any atom is -0.497 e. The first-order valence-corrected chi connectivity index (χ1v) is 11.0. The van der Waals surface area contributed by atoms with Crippen LogP contribution in [0.25, 0.3) is 0 Å². The lowest BCUT2D eigenvalue weighted by molar-refractivity contribution is 0.391. The van der Waals surface area contributed by atoms with Crippen molar-refractivity contribution >= 4 is 21.4 Å². The van der Waals surface area contributed by atoms with Crippen LogP contribution in [0.4, 0.5) is 0 Å². The van der Waals surface area contributed by atoms with Gasteiger partial charge < -0.3 is 9.47 Å². The number of aryl methyl sites for hydroxylation is 2. The zero-order valence-electron chi connectivity index (χ0n) is 16.2. The van der Waals surface area contributed by atoms with E-state index in [1.807, 2.05) is 42.1 Å². The van der Waals surface area contributed by atoms with Crippen molar-refractivity contribution in [3.8, 4) is 11.5 Å². The first kappa shape index (κ1) is 20.4. The average molecular weight is 422 g/mol. The predicted octanol–water partition coefficient (Wildman–Crippen LogP) is 3.15. The van der Waals surface area contributed by atoms with Crippen LogP contribution in [0, 0.1) is 13.8 Å². The highest BCUT2D eigenvalue weighted by Crippen LogP contribution is 2.29. The molecular weight excluding hydrogens is 398 g/mol. The van der Waals surface area contributed by atoms with E-state index in [9.17, 15) is 8.42 Å². The molecule has 0 saturated carbocycles. The first-order valence-electron chi connectivity index (χ1n) is 8.63. The number of rotatable bonds is 8. The molecule has 0 amide bonds. The molecule has 1 unspecified atom stereocenters. The van der Waals surface area contributed by atoms with E-state index in [0.29, 0.717) is 5.75 Å². The second kappa shape index (κ2) is 8.34. The molecule has 0 aliphatic rings. The van der Waals surface area contributed by atoms with Crippen molar-refractivity contribution in [1.29, 1.82) is 0 Å². The van der Waals surface area contributed by atoms with Crippen LogP contribution in [0.2, 0.25) is 0 Å². The standard InChI is InChI=1S/C19H23N3O4S2/c1-13-10-14(2)22(21-13)16(18-6-5-9-27-18)12-20-28(23,24)19-11-15(25-3)7-8-17(19)26-4/h5-11,16,20H,12H2,1-4H3. The third-order valence-electron chi connectivity index (χ3n) is 4.34. The molecule has 2 heterocycles. The quantitative estimate of drug-likeness (QED) is 0.604. The summed E-state index contributed by atoms with van der Waals surface area (Å²) in [5, 5.41) is 6.51. The van der Waals surface area contributed by atoms with E-state index in [4.69, 9.17) is 9.47 Å². The minimum atomic E-state index is -3.83. The van der Waals surface area contributed by atoms with Gasteiger partial charge in [0.25, 0.3) is 0 Å². The fourth-order valence-electron chi connectivity index (χ4n) is 3.01. The fourth-order valence-corrected chi connectivity index (χ4v) is 5.04. The van der Waals surface area contributed by atoms with Gasteiger partial charge in [-0.1, -0.05) is 6.07 Å². The number of methoxy groups -OCH3 is 2. The van der Waals surface area contributed by atoms with Crippen LogP contribution in [-0.2, 0) is 10.0 Å². The number of hydrogen-bond donors (Lipinski definition) is 1.